The van der Waals surface area contributed by atoms with E-state index in [4.69, 9.17) is 14.2 Å². The lowest BCUT2D eigenvalue weighted by Crippen LogP contribution is -2.35. The lowest BCUT2D eigenvalue weighted by Gasteiger charge is -2.19. The molecule has 0 fully saturated rings. The molecule has 0 aromatic carbocycles. The van der Waals surface area contributed by atoms with Crippen LogP contribution in [0, 0.1) is 5.41 Å². The first-order chi connectivity index (χ1) is 13.5. The minimum Gasteiger partial charge on any atom is -0.456 e. The van der Waals surface area contributed by atoms with E-state index in [1.54, 1.807) is 0 Å². The maximum atomic E-state index is 11.5. The van der Waals surface area contributed by atoms with Crippen LogP contribution in [-0.4, -0.2) is 63.5 Å². The first-order valence-corrected chi connectivity index (χ1v) is 10.8. The Morgan fingerprint density at radius 3 is 1.90 bits per heavy atom. The Kier molecular flexibility index (Phi) is 22.5. The molecule has 0 rings (SSSR count). The lowest BCUT2D eigenvalue weighted by atomic mass is 9.93. The lowest BCUT2D eigenvalue weighted by molar-refractivity contribution is -0.150. The third kappa shape index (κ3) is 31.7. The number of carbonyl (C=O) groups excluding carboxylic acids is 2. The second-order valence-electron chi connectivity index (χ2n) is 8.07. The summed E-state index contributed by atoms with van der Waals surface area (Å²) in [5.74, 6) is -0.645. The molecule has 0 saturated carbocycles. The average Bonchev–Trinajstić information content (AvgIpc) is 2.62. The summed E-state index contributed by atoms with van der Waals surface area (Å²) in [6, 6.07) is 0. The van der Waals surface area contributed by atoms with Crippen molar-refractivity contribution in [3.8, 4) is 0 Å². The van der Waals surface area contributed by atoms with Gasteiger partial charge in [0.1, 0.15) is 0 Å². The molecule has 2 N–H and O–H groups in total. The molecule has 176 valence electrons. The fourth-order valence-corrected chi connectivity index (χ4v) is 1.75. The molecule has 0 spiro atoms. The standard InChI is InChI=1S/C18H36N2O5.2C2H6/c1-17(2,3)13-16(22)24-14-15(21)20-8-7-19-9-10-23-11-12-25-18(4,5)6;2*1-2/h19H,7-14H2,1-6H3,(H,20,21);2*1-2H3. The molecule has 0 bridgehead atoms. The van der Waals surface area contributed by atoms with Gasteiger partial charge in [-0.05, 0) is 26.2 Å². The number of carbonyl (C=O) groups is 2. The SMILES string of the molecule is CC.CC.CC(C)(C)CC(=O)OCC(=O)NCCNCCOCCOC(C)(C)C. The van der Waals surface area contributed by atoms with Gasteiger partial charge in [-0.1, -0.05) is 48.5 Å². The van der Waals surface area contributed by atoms with E-state index < -0.39 is 0 Å². The normalized spacial score (nSPS) is 10.8. The molecule has 0 radical (unpaired) electrons. The van der Waals surface area contributed by atoms with Crippen molar-refractivity contribution in [2.45, 2.75) is 81.3 Å². The Hall–Kier alpha value is -1.18. The van der Waals surface area contributed by atoms with Crippen LogP contribution >= 0.6 is 0 Å². The summed E-state index contributed by atoms with van der Waals surface area (Å²) in [5.41, 5.74) is -0.278. The minimum atomic E-state index is -0.353. The predicted octanol–water partition coefficient (Wildman–Crippen LogP) is 3.56. The highest BCUT2D eigenvalue weighted by Crippen LogP contribution is 2.18. The largest absolute Gasteiger partial charge is 0.456 e. The molecule has 0 aromatic heterocycles. The maximum Gasteiger partial charge on any atom is 0.306 e. The highest BCUT2D eigenvalue weighted by molar-refractivity contribution is 5.80. The maximum absolute atomic E-state index is 11.5. The monoisotopic (exact) mass is 420 g/mol. The topological polar surface area (TPSA) is 85.9 Å². The first-order valence-electron chi connectivity index (χ1n) is 10.8. The van der Waals surface area contributed by atoms with E-state index in [1.807, 2.05) is 69.2 Å². The molecule has 0 saturated heterocycles. The van der Waals surface area contributed by atoms with Crippen LogP contribution in [0.1, 0.15) is 75.7 Å². The number of ether oxygens (including phenoxy) is 3. The van der Waals surface area contributed by atoms with E-state index >= 15 is 0 Å². The molecule has 29 heavy (non-hydrogen) atoms. The van der Waals surface area contributed by atoms with E-state index in [0.29, 0.717) is 45.9 Å². The van der Waals surface area contributed by atoms with E-state index in [2.05, 4.69) is 10.6 Å². The van der Waals surface area contributed by atoms with Gasteiger partial charge in [-0.2, -0.15) is 0 Å². The van der Waals surface area contributed by atoms with Crippen LogP contribution < -0.4 is 10.6 Å². The van der Waals surface area contributed by atoms with Gasteiger partial charge in [-0.15, -0.1) is 0 Å². The van der Waals surface area contributed by atoms with E-state index in [1.165, 1.54) is 0 Å². The van der Waals surface area contributed by atoms with Gasteiger partial charge in [-0.3, -0.25) is 9.59 Å². The van der Waals surface area contributed by atoms with Crippen LogP contribution in [0.4, 0.5) is 0 Å². The molecule has 0 atom stereocenters. The van der Waals surface area contributed by atoms with Gasteiger partial charge in [0.15, 0.2) is 6.61 Å². The summed E-state index contributed by atoms with van der Waals surface area (Å²) >= 11 is 0. The number of hydrogen-bond donors (Lipinski definition) is 2. The van der Waals surface area contributed by atoms with Gasteiger partial charge in [0.2, 0.25) is 0 Å². The number of esters is 1. The Balaban J connectivity index is -0.00000158. The summed E-state index contributed by atoms with van der Waals surface area (Å²) in [5, 5.41) is 5.84. The van der Waals surface area contributed by atoms with Crippen molar-refractivity contribution in [2.75, 3.05) is 46.1 Å². The van der Waals surface area contributed by atoms with Crippen LogP contribution in [0.3, 0.4) is 0 Å². The molecule has 1 amide bonds. The fraction of sp³-hybridized carbons (Fsp3) is 0.909. The molecule has 0 heterocycles. The van der Waals surface area contributed by atoms with Gasteiger partial charge in [0, 0.05) is 19.6 Å². The Bertz CT molecular complexity index is 388. The molecule has 0 unspecified atom stereocenters. The third-order valence-electron chi connectivity index (χ3n) is 2.85. The van der Waals surface area contributed by atoms with Crippen molar-refractivity contribution in [1.82, 2.24) is 10.6 Å². The highest BCUT2D eigenvalue weighted by Gasteiger charge is 2.17. The Labute approximate surface area is 179 Å². The fourth-order valence-electron chi connectivity index (χ4n) is 1.75. The van der Waals surface area contributed by atoms with Crippen LogP contribution in [0.2, 0.25) is 0 Å². The molecule has 7 nitrogen and oxygen atoms in total. The molecule has 0 aliphatic rings. The first kappa shape index (κ1) is 32.5. The van der Waals surface area contributed by atoms with Crippen LogP contribution in [0.15, 0.2) is 0 Å². The van der Waals surface area contributed by atoms with Crippen molar-refractivity contribution < 1.29 is 23.8 Å². The number of hydrogen-bond acceptors (Lipinski definition) is 6. The average molecular weight is 421 g/mol. The second-order valence-corrected chi connectivity index (χ2v) is 8.07. The molecule has 0 aliphatic carbocycles. The summed E-state index contributed by atoms with van der Waals surface area (Å²) in [6.07, 6.45) is 0.294. The van der Waals surface area contributed by atoms with E-state index in [-0.39, 0.29) is 29.5 Å². The third-order valence-corrected chi connectivity index (χ3v) is 2.85. The number of rotatable bonds is 12. The number of nitrogens with one attached hydrogen (secondary N) is 2. The zero-order valence-electron chi connectivity index (χ0n) is 20.7. The summed E-state index contributed by atoms with van der Waals surface area (Å²) in [6.45, 7) is 23.2. The molecule has 0 aromatic rings. The van der Waals surface area contributed by atoms with Crippen molar-refractivity contribution in [1.29, 1.82) is 0 Å². The van der Waals surface area contributed by atoms with Gasteiger partial charge >= 0.3 is 5.97 Å². The summed E-state index contributed by atoms with van der Waals surface area (Å²) < 4.78 is 15.9. The molecular formula is C22H48N2O5. The summed E-state index contributed by atoms with van der Waals surface area (Å²) in [4.78, 5) is 23.1. The zero-order chi connectivity index (χ0) is 23.3. The quantitative estimate of drug-likeness (QED) is 0.371. The van der Waals surface area contributed by atoms with Crippen molar-refractivity contribution >= 4 is 11.9 Å². The molecule has 7 heteroatoms. The van der Waals surface area contributed by atoms with E-state index in [0.717, 1.165) is 0 Å². The van der Waals surface area contributed by atoms with Crippen molar-refractivity contribution in [3.05, 3.63) is 0 Å². The predicted molar refractivity (Wildman–Crippen MR) is 120 cm³/mol. The molecular weight excluding hydrogens is 372 g/mol. The van der Waals surface area contributed by atoms with Gasteiger partial charge in [-0.25, -0.2) is 0 Å². The van der Waals surface area contributed by atoms with Crippen molar-refractivity contribution in [2.24, 2.45) is 5.41 Å². The van der Waals surface area contributed by atoms with Crippen molar-refractivity contribution in [3.63, 3.8) is 0 Å². The smallest absolute Gasteiger partial charge is 0.306 e. The number of amides is 1. The van der Waals surface area contributed by atoms with Crippen LogP contribution in [0.5, 0.6) is 0 Å². The van der Waals surface area contributed by atoms with Gasteiger partial charge < -0.3 is 24.8 Å². The second kappa shape index (κ2) is 20.1. The zero-order valence-corrected chi connectivity index (χ0v) is 20.7. The Morgan fingerprint density at radius 2 is 1.38 bits per heavy atom. The highest BCUT2D eigenvalue weighted by atomic mass is 16.5. The van der Waals surface area contributed by atoms with Gasteiger partial charge in [0.05, 0.1) is 31.8 Å². The summed E-state index contributed by atoms with van der Waals surface area (Å²) in [7, 11) is 0. The van der Waals surface area contributed by atoms with E-state index in [9.17, 15) is 9.59 Å². The minimum absolute atomic E-state index is 0.138. The van der Waals surface area contributed by atoms with Crippen LogP contribution in [-0.2, 0) is 23.8 Å². The Morgan fingerprint density at radius 1 is 0.793 bits per heavy atom. The van der Waals surface area contributed by atoms with Gasteiger partial charge in [0.25, 0.3) is 5.91 Å². The van der Waals surface area contributed by atoms with Crippen LogP contribution in [0.25, 0.3) is 0 Å². The molecule has 0 aliphatic heterocycles.